The van der Waals surface area contributed by atoms with E-state index in [-0.39, 0.29) is 23.1 Å². The van der Waals surface area contributed by atoms with Gasteiger partial charge in [-0.15, -0.1) is 0 Å². The summed E-state index contributed by atoms with van der Waals surface area (Å²) in [5.41, 5.74) is 1.87. The zero-order chi connectivity index (χ0) is 20.2. The molecule has 1 fully saturated rings. The predicted octanol–water partition coefficient (Wildman–Crippen LogP) is 3.31. The second-order valence-corrected chi connectivity index (χ2v) is 7.87. The largest absolute Gasteiger partial charge is 0.335 e. The lowest BCUT2D eigenvalue weighted by atomic mass is 10.0. The average molecular weight is 389 g/mol. The molecule has 2 heterocycles. The van der Waals surface area contributed by atoms with Crippen molar-refractivity contribution in [2.75, 3.05) is 26.7 Å². The Morgan fingerprint density at radius 1 is 1.07 bits per heavy atom. The SMILES string of the molecule is CN1CCC(N(CCc2ccccc2)C(=O)c2cc3ccccc3[nH]c2=O)CC1. The molecule has 0 atom stereocenters. The van der Waals surface area contributed by atoms with E-state index < -0.39 is 0 Å². The van der Waals surface area contributed by atoms with Gasteiger partial charge < -0.3 is 14.8 Å². The first-order chi connectivity index (χ1) is 14.1. The van der Waals surface area contributed by atoms with Gasteiger partial charge in [-0.2, -0.15) is 0 Å². The monoisotopic (exact) mass is 389 g/mol. The number of fused-ring (bicyclic) bond motifs is 1. The number of para-hydroxylation sites is 1. The Morgan fingerprint density at radius 3 is 2.52 bits per heavy atom. The molecule has 0 radical (unpaired) electrons. The lowest BCUT2D eigenvalue weighted by Gasteiger charge is -2.37. The summed E-state index contributed by atoms with van der Waals surface area (Å²) < 4.78 is 0. The van der Waals surface area contributed by atoms with Gasteiger partial charge in [0.15, 0.2) is 0 Å². The van der Waals surface area contributed by atoms with Crippen LogP contribution in [0, 0.1) is 0 Å². The molecule has 0 unspecified atom stereocenters. The van der Waals surface area contributed by atoms with Crippen LogP contribution >= 0.6 is 0 Å². The number of amides is 1. The quantitative estimate of drug-likeness (QED) is 0.728. The highest BCUT2D eigenvalue weighted by Crippen LogP contribution is 2.20. The van der Waals surface area contributed by atoms with Crippen LogP contribution < -0.4 is 5.56 Å². The van der Waals surface area contributed by atoms with Gasteiger partial charge in [0.25, 0.3) is 11.5 Å². The third kappa shape index (κ3) is 4.40. The number of benzene rings is 2. The molecule has 29 heavy (non-hydrogen) atoms. The van der Waals surface area contributed by atoms with Gasteiger partial charge in [-0.3, -0.25) is 9.59 Å². The zero-order valence-corrected chi connectivity index (χ0v) is 16.8. The summed E-state index contributed by atoms with van der Waals surface area (Å²) >= 11 is 0. The Morgan fingerprint density at radius 2 is 1.76 bits per heavy atom. The summed E-state index contributed by atoms with van der Waals surface area (Å²) in [5.74, 6) is -0.164. The van der Waals surface area contributed by atoms with E-state index in [0.29, 0.717) is 6.54 Å². The number of H-pyrrole nitrogens is 1. The molecule has 1 N–H and O–H groups in total. The highest BCUT2D eigenvalue weighted by atomic mass is 16.2. The minimum atomic E-state index is -0.314. The van der Waals surface area contributed by atoms with Crippen molar-refractivity contribution in [1.29, 1.82) is 0 Å². The van der Waals surface area contributed by atoms with Gasteiger partial charge in [-0.1, -0.05) is 48.5 Å². The summed E-state index contributed by atoms with van der Waals surface area (Å²) in [5, 5.41) is 0.877. The van der Waals surface area contributed by atoms with Crippen LogP contribution in [-0.4, -0.2) is 53.4 Å². The van der Waals surface area contributed by atoms with E-state index in [9.17, 15) is 9.59 Å². The molecule has 1 amide bonds. The summed E-state index contributed by atoms with van der Waals surface area (Å²) in [6.45, 7) is 2.55. The van der Waals surface area contributed by atoms with Crippen molar-refractivity contribution in [2.24, 2.45) is 0 Å². The van der Waals surface area contributed by atoms with Crippen molar-refractivity contribution in [3.63, 3.8) is 0 Å². The predicted molar refractivity (Wildman–Crippen MR) is 116 cm³/mol. The fourth-order valence-electron chi connectivity index (χ4n) is 4.11. The maximum absolute atomic E-state index is 13.5. The molecule has 1 aliphatic heterocycles. The van der Waals surface area contributed by atoms with E-state index in [1.165, 1.54) is 5.56 Å². The van der Waals surface area contributed by atoms with Crippen LogP contribution in [0.4, 0.5) is 0 Å². The molecule has 1 aromatic heterocycles. The molecule has 2 aromatic carbocycles. The van der Waals surface area contributed by atoms with Crippen LogP contribution in [0.3, 0.4) is 0 Å². The molecule has 150 valence electrons. The molecule has 0 bridgehead atoms. The molecule has 3 aromatic rings. The number of carbonyl (C=O) groups excluding carboxylic acids is 1. The molecular weight excluding hydrogens is 362 g/mol. The summed E-state index contributed by atoms with van der Waals surface area (Å²) in [7, 11) is 2.11. The number of hydrogen-bond donors (Lipinski definition) is 1. The van der Waals surface area contributed by atoms with Crippen molar-refractivity contribution in [1.82, 2.24) is 14.8 Å². The molecule has 5 heteroatoms. The van der Waals surface area contributed by atoms with Gasteiger partial charge in [-0.25, -0.2) is 0 Å². The molecule has 1 aliphatic rings. The first kappa shape index (κ1) is 19.4. The van der Waals surface area contributed by atoms with Crippen molar-refractivity contribution < 1.29 is 4.79 Å². The molecule has 0 saturated carbocycles. The number of hydrogen-bond acceptors (Lipinski definition) is 3. The van der Waals surface area contributed by atoms with Gasteiger partial charge in [0.05, 0.1) is 0 Å². The molecule has 0 spiro atoms. The molecule has 0 aliphatic carbocycles. The lowest BCUT2D eigenvalue weighted by Crippen LogP contribution is -2.48. The number of aromatic nitrogens is 1. The fraction of sp³-hybridized carbons (Fsp3) is 0.333. The molecule has 1 saturated heterocycles. The Hall–Kier alpha value is -2.92. The van der Waals surface area contributed by atoms with Gasteiger partial charge in [0.2, 0.25) is 0 Å². The van der Waals surface area contributed by atoms with Crippen molar-refractivity contribution >= 4 is 16.8 Å². The number of carbonyl (C=O) groups is 1. The van der Waals surface area contributed by atoms with E-state index >= 15 is 0 Å². The topological polar surface area (TPSA) is 56.4 Å². The van der Waals surface area contributed by atoms with Crippen LogP contribution in [-0.2, 0) is 6.42 Å². The number of rotatable bonds is 5. The van der Waals surface area contributed by atoms with E-state index in [4.69, 9.17) is 0 Å². The van der Waals surface area contributed by atoms with Crippen molar-refractivity contribution in [3.05, 3.63) is 82.1 Å². The van der Waals surface area contributed by atoms with Crippen LogP contribution in [0.25, 0.3) is 10.9 Å². The maximum Gasteiger partial charge on any atom is 0.261 e. The first-order valence-corrected chi connectivity index (χ1v) is 10.3. The standard InChI is InChI=1S/C24H27N3O2/c1-26-14-12-20(13-15-26)27(16-11-18-7-3-2-4-8-18)24(29)21-17-19-9-5-6-10-22(19)25-23(21)28/h2-10,17,20H,11-16H2,1H3,(H,25,28). The summed E-state index contributed by atoms with van der Waals surface area (Å²) in [4.78, 5) is 33.3. The van der Waals surface area contributed by atoms with Crippen LogP contribution in [0.5, 0.6) is 0 Å². The summed E-state index contributed by atoms with van der Waals surface area (Å²) in [6.07, 6.45) is 2.65. The van der Waals surface area contributed by atoms with E-state index in [0.717, 1.165) is 43.3 Å². The summed E-state index contributed by atoms with van der Waals surface area (Å²) in [6, 6.07) is 19.7. The Kier molecular flexibility index (Phi) is 5.76. The number of nitrogens with one attached hydrogen (secondary N) is 1. The third-order valence-electron chi connectivity index (χ3n) is 5.86. The normalized spacial score (nSPS) is 15.5. The number of aromatic amines is 1. The fourth-order valence-corrected chi connectivity index (χ4v) is 4.11. The first-order valence-electron chi connectivity index (χ1n) is 10.3. The van der Waals surface area contributed by atoms with Gasteiger partial charge in [0, 0.05) is 18.1 Å². The maximum atomic E-state index is 13.5. The second kappa shape index (κ2) is 8.62. The molecular formula is C24H27N3O2. The van der Waals surface area contributed by atoms with Crippen LogP contribution in [0.1, 0.15) is 28.8 Å². The van der Waals surface area contributed by atoms with E-state index in [2.05, 4.69) is 29.1 Å². The average Bonchev–Trinajstić information content (AvgIpc) is 2.75. The third-order valence-corrected chi connectivity index (χ3v) is 5.86. The Bertz CT molecular complexity index is 1040. The molecule has 5 nitrogen and oxygen atoms in total. The molecule has 4 rings (SSSR count). The van der Waals surface area contributed by atoms with Gasteiger partial charge in [0.1, 0.15) is 5.56 Å². The Balaban J connectivity index is 1.63. The second-order valence-electron chi connectivity index (χ2n) is 7.87. The van der Waals surface area contributed by atoms with Crippen molar-refractivity contribution in [2.45, 2.75) is 25.3 Å². The number of pyridine rings is 1. The lowest BCUT2D eigenvalue weighted by molar-refractivity contribution is 0.0593. The highest BCUT2D eigenvalue weighted by molar-refractivity contribution is 5.97. The van der Waals surface area contributed by atoms with Crippen molar-refractivity contribution in [3.8, 4) is 0 Å². The number of nitrogens with zero attached hydrogens (tertiary/aromatic N) is 2. The zero-order valence-electron chi connectivity index (χ0n) is 16.8. The van der Waals surface area contributed by atoms with Crippen LogP contribution in [0.15, 0.2) is 65.5 Å². The highest BCUT2D eigenvalue weighted by Gasteiger charge is 2.29. The van der Waals surface area contributed by atoms with E-state index in [1.54, 1.807) is 6.07 Å². The van der Waals surface area contributed by atoms with Crippen LogP contribution in [0.2, 0.25) is 0 Å². The number of piperidine rings is 1. The smallest absolute Gasteiger partial charge is 0.261 e. The minimum Gasteiger partial charge on any atom is -0.335 e. The van der Waals surface area contributed by atoms with E-state index in [1.807, 2.05) is 47.4 Å². The van der Waals surface area contributed by atoms with Gasteiger partial charge >= 0.3 is 0 Å². The minimum absolute atomic E-state index is 0.160. The Labute approximate surface area is 171 Å². The van der Waals surface area contributed by atoms with Gasteiger partial charge in [-0.05, 0) is 62.5 Å². The number of likely N-dealkylation sites (tertiary alicyclic amines) is 1.